The summed E-state index contributed by atoms with van der Waals surface area (Å²) in [5.74, 6) is -0.0741. The third kappa shape index (κ3) is 3.64. The second kappa shape index (κ2) is 7.00. The van der Waals surface area contributed by atoms with Gasteiger partial charge in [0.2, 0.25) is 0 Å². The fourth-order valence-corrected chi connectivity index (χ4v) is 3.20. The Kier molecular flexibility index (Phi) is 4.81. The second-order valence-corrected chi connectivity index (χ2v) is 6.00. The van der Waals surface area contributed by atoms with Crippen molar-refractivity contribution in [3.63, 3.8) is 0 Å². The average molecular weight is 318 g/mol. The summed E-state index contributed by atoms with van der Waals surface area (Å²) in [5, 5.41) is 12.5. The number of guanidine groups is 1. The van der Waals surface area contributed by atoms with Crippen LogP contribution >= 0.6 is 0 Å². The van der Waals surface area contributed by atoms with Crippen LogP contribution in [0.4, 0.5) is 4.39 Å². The maximum atomic E-state index is 13.4. The smallest absolute Gasteiger partial charge is 0.193 e. The summed E-state index contributed by atoms with van der Waals surface area (Å²) in [6.45, 7) is 4.50. The van der Waals surface area contributed by atoms with Crippen LogP contribution in [0.1, 0.15) is 12.0 Å². The van der Waals surface area contributed by atoms with Gasteiger partial charge < -0.3 is 15.3 Å². The molecule has 0 spiro atoms. The SMILES string of the molecule is CN=C(NCc1ccc(O)c(F)c1)N1CCC(N2CC=CC2)C1. The molecule has 2 N–H and O–H groups in total. The lowest BCUT2D eigenvalue weighted by Gasteiger charge is -2.25. The Morgan fingerprint density at radius 1 is 1.39 bits per heavy atom. The number of hydrogen-bond donors (Lipinski definition) is 2. The molecule has 124 valence electrons. The molecule has 1 saturated heterocycles. The first-order valence-electron chi connectivity index (χ1n) is 7.99. The van der Waals surface area contributed by atoms with E-state index in [4.69, 9.17) is 0 Å². The Morgan fingerprint density at radius 3 is 2.87 bits per heavy atom. The number of aliphatic imine (C=N–C) groups is 1. The molecule has 1 atom stereocenters. The van der Waals surface area contributed by atoms with Crippen LogP contribution in [0.3, 0.4) is 0 Å². The van der Waals surface area contributed by atoms with E-state index in [1.807, 2.05) is 0 Å². The second-order valence-electron chi connectivity index (χ2n) is 6.00. The van der Waals surface area contributed by atoms with Crippen molar-refractivity contribution in [1.29, 1.82) is 0 Å². The molecule has 5 nitrogen and oxygen atoms in total. The van der Waals surface area contributed by atoms with E-state index in [9.17, 15) is 9.50 Å². The van der Waals surface area contributed by atoms with E-state index in [2.05, 4.69) is 32.3 Å². The largest absolute Gasteiger partial charge is 0.505 e. The van der Waals surface area contributed by atoms with Crippen molar-refractivity contribution in [1.82, 2.24) is 15.1 Å². The Bertz CT molecular complexity index is 609. The first-order chi connectivity index (χ1) is 11.2. The zero-order chi connectivity index (χ0) is 16.2. The fourth-order valence-electron chi connectivity index (χ4n) is 3.20. The number of likely N-dealkylation sites (tertiary alicyclic amines) is 1. The van der Waals surface area contributed by atoms with E-state index >= 15 is 0 Å². The third-order valence-corrected chi connectivity index (χ3v) is 4.50. The molecule has 1 fully saturated rings. The van der Waals surface area contributed by atoms with Gasteiger partial charge in [0, 0.05) is 45.8 Å². The topological polar surface area (TPSA) is 51.1 Å². The molecule has 3 rings (SSSR count). The number of phenols is 1. The molecular formula is C17H23FN4O. The summed E-state index contributed by atoms with van der Waals surface area (Å²) >= 11 is 0. The van der Waals surface area contributed by atoms with Crippen molar-refractivity contribution in [2.45, 2.75) is 19.0 Å². The van der Waals surface area contributed by atoms with Gasteiger partial charge in [-0.2, -0.15) is 0 Å². The van der Waals surface area contributed by atoms with Crippen molar-refractivity contribution in [3.8, 4) is 5.75 Å². The van der Waals surface area contributed by atoms with E-state index in [0.717, 1.165) is 44.1 Å². The monoisotopic (exact) mass is 318 g/mol. The van der Waals surface area contributed by atoms with Crippen molar-refractivity contribution in [2.75, 3.05) is 33.2 Å². The fraction of sp³-hybridized carbons (Fsp3) is 0.471. The quantitative estimate of drug-likeness (QED) is 0.504. The lowest BCUT2D eigenvalue weighted by Crippen LogP contribution is -2.42. The predicted molar refractivity (Wildman–Crippen MR) is 89.0 cm³/mol. The number of phenolic OH excluding ortho intramolecular Hbond substituents is 1. The molecule has 1 unspecified atom stereocenters. The van der Waals surface area contributed by atoms with E-state index in [0.29, 0.717) is 12.6 Å². The summed E-state index contributed by atoms with van der Waals surface area (Å²) in [4.78, 5) is 9.06. The molecule has 0 aliphatic carbocycles. The van der Waals surface area contributed by atoms with Crippen LogP contribution in [-0.4, -0.2) is 60.1 Å². The molecule has 1 aromatic rings. The summed E-state index contributed by atoms with van der Waals surface area (Å²) in [6, 6.07) is 5.00. The van der Waals surface area contributed by atoms with Crippen molar-refractivity contribution < 1.29 is 9.50 Å². The molecular weight excluding hydrogens is 295 g/mol. The molecule has 0 radical (unpaired) electrons. The summed E-state index contributed by atoms with van der Waals surface area (Å²) < 4.78 is 13.4. The lowest BCUT2D eigenvalue weighted by molar-refractivity contribution is 0.259. The Balaban J connectivity index is 1.55. The van der Waals surface area contributed by atoms with E-state index < -0.39 is 5.82 Å². The first kappa shape index (κ1) is 15.8. The molecule has 0 saturated carbocycles. The van der Waals surface area contributed by atoms with Crippen molar-refractivity contribution >= 4 is 5.96 Å². The van der Waals surface area contributed by atoms with Crippen LogP contribution in [0.15, 0.2) is 35.3 Å². The van der Waals surface area contributed by atoms with Crippen LogP contribution in [0.5, 0.6) is 5.75 Å². The molecule has 6 heteroatoms. The van der Waals surface area contributed by atoms with Gasteiger partial charge in [-0.05, 0) is 24.1 Å². The molecule has 0 aromatic heterocycles. The minimum absolute atomic E-state index is 0.320. The number of rotatable bonds is 3. The van der Waals surface area contributed by atoms with Gasteiger partial charge in [-0.25, -0.2) is 4.39 Å². The number of hydrogen-bond acceptors (Lipinski definition) is 3. The molecule has 0 bridgehead atoms. The van der Waals surface area contributed by atoms with Gasteiger partial charge in [0.1, 0.15) is 0 Å². The van der Waals surface area contributed by atoms with E-state index in [1.165, 1.54) is 12.1 Å². The van der Waals surface area contributed by atoms with Gasteiger partial charge in [-0.3, -0.25) is 9.89 Å². The van der Waals surface area contributed by atoms with E-state index in [1.54, 1.807) is 13.1 Å². The first-order valence-corrected chi connectivity index (χ1v) is 7.99. The minimum Gasteiger partial charge on any atom is -0.505 e. The predicted octanol–water partition coefficient (Wildman–Crippen LogP) is 1.55. The highest BCUT2D eigenvalue weighted by atomic mass is 19.1. The van der Waals surface area contributed by atoms with Crippen molar-refractivity contribution in [2.24, 2.45) is 4.99 Å². The highest BCUT2D eigenvalue weighted by Gasteiger charge is 2.29. The molecule has 2 aliphatic rings. The number of nitrogens with one attached hydrogen (secondary N) is 1. The van der Waals surface area contributed by atoms with Crippen LogP contribution in [0, 0.1) is 5.82 Å². The number of aromatic hydroxyl groups is 1. The van der Waals surface area contributed by atoms with Crippen molar-refractivity contribution in [3.05, 3.63) is 41.7 Å². The Labute approximate surface area is 136 Å². The maximum absolute atomic E-state index is 13.4. The van der Waals surface area contributed by atoms with Gasteiger partial charge >= 0.3 is 0 Å². The number of benzene rings is 1. The van der Waals surface area contributed by atoms with E-state index in [-0.39, 0.29) is 5.75 Å². The molecule has 2 heterocycles. The number of nitrogens with zero attached hydrogens (tertiary/aromatic N) is 3. The van der Waals surface area contributed by atoms with Crippen LogP contribution in [-0.2, 0) is 6.54 Å². The Hall–Kier alpha value is -2.08. The minimum atomic E-state index is -0.595. The Morgan fingerprint density at radius 2 is 2.17 bits per heavy atom. The zero-order valence-corrected chi connectivity index (χ0v) is 13.4. The highest BCUT2D eigenvalue weighted by molar-refractivity contribution is 5.80. The van der Waals surface area contributed by atoms with Crippen LogP contribution < -0.4 is 5.32 Å². The highest BCUT2D eigenvalue weighted by Crippen LogP contribution is 2.19. The van der Waals surface area contributed by atoms with Gasteiger partial charge in [0.15, 0.2) is 17.5 Å². The van der Waals surface area contributed by atoms with Crippen LogP contribution in [0.25, 0.3) is 0 Å². The molecule has 0 amide bonds. The molecule has 1 aromatic carbocycles. The third-order valence-electron chi connectivity index (χ3n) is 4.50. The van der Waals surface area contributed by atoms with Crippen LogP contribution in [0.2, 0.25) is 0 Å². The zero-order valence-electron chi connectivity index (χ0n) is 13.4. The summed E-state index contributed by atoms with van der Waals surface area (Å²) in [6.07, 6.45) is 5.57. The van der Waals surface area contributed by atoms with Gasteiger partial charge in [0.05, 0.1) is 0 Å². The molecule has 2 aliphatic heterocycles. The van der Waals surface area contributed by atoms with Gasteiger partial charge in [0.25, 0.3) is 0 Å². The average Bonchev–Trinajstić information content (AvgIpc) is 3.22. The normalized spacial score (nSPS) is 22.1. The molecule has 23 heavy (non-hydrogen) atoms. The summed E-state index contributed by atoms with van der Waals surface area (Å²) in [7, 11) is 1.77. The van der Waals surface area contributed by atoms with Gasteiger partial charge in [-0.1, -0.05) is 18.2 Å². The summed E-state index contributed by atoms with van der Waals surface area (Å²) in [5.41, 5.74) is 0.779. The van der Waals surface area contributed by atoms with Gasteiger partial charge in [-0.15, -0.1) is 0 Å². The standard InChI is InChI=1S/C17H23FN4O/c1-19-17(20-11-13-4-5-16(23)15(18)10-13)22-9-6-14(12-22)21-7-2-3-8-21/h2-5,10,14,23H,6-9,11-12H2,1H3,(H,19,20). The lowest BCUT2D eigenvalue weighted by atomic mass is 10.2. The maximum Gasteiger partial charge on any atom is 0.193 e. The number of halogens is 1.